The predicted octanol–water partition coefficient (Wildman–Crippen LogP) is 4.50. The zero-order valence-electron chi connectivity index (χ0n) is 15.8. The molecular formula is C24H16N2O3S. The highest BCUT2D eigenvalue weighted by atomic mass is 32.1. The number of thiocarbonyl (C=S) groups is 1. The van der Waals surface area contributed by atoms with Gasteiger partial charge in [-0.05, 0) is 41.2 Å². The molecule has 0 unspecified atom stereocenters. The summed E-state index contributed by atoms with van der Waals surface area (Å²) in [4.78, 5) is 26.9. The third kappa shape index (κ3) is 2.73. The lowest BCUT2D eigenvalue weighted by Crippen LogP contribution is -2.53. The first-order valence-corrected chi connectivity index (χ1v) is 9.82. The van der Waals surface area contributed by atoms with E-state index >= 15 is 0 Å². The fraction of sp³-hybridized carbons (Fsp3) is 0.0417. The molecule has 0 bridgehead atoms. The van der Waals surface area contributed by atoms with Gasteiger partial charge in [0.1, 0.15) is 16.9 Å². The molecule has 1 aliphatic carbocycles. The lowest BCUT2D eigenvalue weighted by atomic mass is 10.1. The molecule has 2 amide bonds. The minimum absolute atomic E-state index is 0.00598. The van der Waals surface area contributed by atoms with Crippen LogP contribution in [0.2, 0.25) is 0 Å². The third-order valence-corrected chi connectivity index (χ3v) is 5.54. The number of amides is 2. The lowest BCUT2D eigenvalue weighted by Gasteiger charge is -2.27. The van der Waals surface area contributed by atoms with E-state index in [1.165, 1.54) is 4.90 Å². The van der Waals surface area contributed by atoms with E-state index in [4.69, 9.17) is 16.6 Å². The maximum atomic E-state index is 13.0. The van der Waals surface area contributed by atoms with Crippen LogP contribution in [-0.4, -0.2) is 28.4 Å². The normalized spacial score (nSPS) is 16.1. The van der Waals surface area contributed by atoms with E-state index < -0.39 is 11.8 Å². The molecule has 2 heterocycles. The summed E-state index contributed by atoms with van der Waals surface area (Å²) in [6.45, 7) is 3.87. The van der Waals surface area contributed by atoms with E-state index in [9.17, 15) is 9.59 Å². The number of hydrogen-bond acceptors (Lipinski definition) is 4. The first kappa shape index (κ1) is 18.3. The van der Waals surface area contributed by atoms with Crippen molar-refractivity contribution >= 4 is 57.0 Å². The molecule has 5 rings (SSSR count). The summed E-state index contributed by atoms with van der Waals surface area (Å²) in [5, 5.41) is 5.54. The molecule has 6 heteroatoms. The molecule has 0 atom stereocenters. The fourth-order valence-electron chi connectivity index (χ4n) is 3.83. The molecule has 0 spiro atoms. The molecule has 3 aliphatic rings. The van der Waals surface area contributed by atoms with Crippen molar-refractivity contribution in [1.82, 2.24) is 10.2 Å². The molecule has 146 valence electrons. The van der Waals surface area contributed by atoms with Gasteiger partial charge in [0.05, 0.1) is 0 Å². The van der Waals surface area contributed by atoms with Crippen LogP contribution in [0, 0.1) is 0 Å². The van der Waals surface area contributed by atoms with Crippen LogP contribution in [-0.2, 0) is 9.59 Å². The van der Waals surface area contributed by atoms with Gasteiger partial charge in [-0.1, -0.05) is 48.5 Å². The Morgan fingerprint density at radius 2 is 1.80 bits per heavy atom. The first-order valence-electron chi connectivity index (χ1n) is 9.41. The highest BCUT2D eigenvalue weighted by Crippen LogP contribution is 2.42. The summed E-state index contributed by atoms with van der Waals surface area (Å²) in [6.07, 6.45) is 3.16. The average Bonchev–Trinajstić information content (AvgIpc) is 3.05. The van der Waals surface area contributed by atoms with E-state index in [0.717, 1.165) is 27.3 Å². The van der Waals surface area contributed by atoms with Gasteiger partial charge in [-0.2, -0.15) is 0 Å². The molecule has 2 aromatic rings. The van der Waals surface area contributed by atoms with E-state index in [1.807, 2.05) is 48.5 Å². The third-order valence-electron chi connectivity index (χ3n) is 5.21. The Balaban J connectivity index is 1.78. The molecule has 1 N–H and O–H groups in total. The van der Waals surface area contributed by atoms with E-state index in [-0.39, 0.29) is 17.2 Å². The van der Waals surface area contributed by atoms with Gasteiger partial charge in [0.25, 0.3) is 11.8 Å². The van der Waals surface area contributed by atoms with Gasteiger partial charge < -0.3 is 4.42 Å². The molecule has 30 heavy (non-hydrogen) atoms. The van der Waals surface area contributed by atoms with Crippen LogP contribution < -0.4 is 5.32 Å². The lowest BCUT2D eigenvalue weighted by molar-refractivity contribution is -0.128. The number of carbonyl (C=O) groups excluding carboxylic acids is 2. The monoisotopic (exact) mass is 412 g/mol. The Morgan fingerprint density at radius 1 is 1.07 bits per heavy atom. The second kappa shape index (κ2) is 6.93. The number of fused-ring (bicyclic) bond motifs is 4. The minimum atomic E-state index is -0.524. The van der Waals surface area contributed by atoms with Crippen LogP contribution in [0.1, 0.15) is 5.56 Å². The topological polar surface area (TPSA) is 62.6 Å². The van der Waals surface area contributed by atoms with Gasteiger partial charge in [-0.25, -0.2) is 0 Å². The van der Waals surface area contributed by atoms with Gasteiger partial charge >= 0.3 is 0 Å². The Kier molecular flexibility index (Phi) is 4.22. The summed E-state index contributed by atoms with van der Waals surface area (Å²) in [5.41, 5.74) is 2.36. The maximum Gasteiger partial charge on any atom is 0.265 e. The number of benzene rings is 2. The van der Waals surface area contributed by atoms with Crippen molar-refractivity contribution in [2.75, 3.05) is 6.54 Å². The van der Waals surface area contributed by atoms with E-state index in [2.05, 4.69) is 18.0 Å². The van der Waals surface area contributed by atoms with Crippen LogP contribution >= 0.6 is 12.2 Å². The summed E-state index contributed by atoms with van der Waals surface area (Å²) in [7, 11) is 0. The average molecular weight is 412 g/mol. The highest BCUT2D eigenvalue weighted by Gasteiger charge is 2.33. The Labute approximate surface area is 177 Å². The number of carbonyl (C=O) groups is 2. The van der Waals surface area contributed by atoms with Crippen LogP contribution in [0.4, 0.5) is 0 Å². The number of rotatable bonds is 3. The zero-order valence-corrected chi connectivity index (χ0v) is 16.7. The van der Waals surface area contributed by atoms with E-state index in [1.54, 1.807) is 12.2 Å². The van der Waals surface area contributed by atoms with Gasteiger partial charge in [-0.3, -0.25) is 19.8 Å². The molecule has 0 saturated carbocycles. The fourth-order valence-corrected chi connectivity index (χ4v) is 4.08. The van der Waals surface area contributed by atoms with Crippen molar-refractivity contribution in [3.63, 3.8) is 0 Å². The Hall–Kier alpha value is -3.77. The molecule has 5 nitrogen and oxygen atoms in total. The second-order valence-corrected chi connectivity index (χ2v) is 7.39. The van der Waals surface area contributed by atoms with Crippen molar-refractivity contribution in [3.05, 3.63) is 78.4 Å². The number of nitrogens with one attached hydrogen (secondary N) is 1. The predicted molar refractivity (Wildman–Crippen MR) is 121 cm³/mol. The number of nitrogens with zero attached hydrogens (tertiary/aromatic N) is 1. The SMILES string of the molecule is C=CCN1C(=O)/C(=C\c2c3oc4ccccc4cc-3c3ccccc23)C(=O)NC1=S. The van der Waals surface area contributed by atoms with Crippen molar-refractivity contribution in [2.24, 2.45) is 0 Å². The van der Waals surface area contributed by atoms with Crippen molar-refractivity contribution in [1.29, 1.82) is 0 Å². The second-order valence-electron chi connectivity index (χ2n) is 7.01. The van der Waals surface area contributed by atoms with Crippen LogP contribution in [0.5, 0.6) is 0 Å². The van der Waals surface area contributed by atoms with Crippen molar-refractivity contribution in [2.45, 2.75) is 0 Å². The maximum absolute atomic E-state index is 13.0. The van der Waals surface area contributed by atoms with Gasteiger partial charge in [-0.15, -0.1) is 6.58 Å². The number of para-hydroxylation sites is 1. The van der Waals surface area contributed by atoms with Crippen LogP contribution in [0.25, 0.3) is 39.1 Å². The summed E-state index contributed by atoms with van der Waals surface area (Å²) in [6, 6.07) is 17.7. The van der Waals surface area contributed by atoms with Crippen LogP contribution in [0.3, 0.4) is 0 Å². The van der Waals surface area contributed by atoms with Crippen LogP contribution in [0.15, 0.2) is 77.2 Å². The zero-order chi connectivity index (χ0) is 20.8. The molecule has 2 aromatic carbocycles. The molecule has 0 aromatic heterocycles. The van der Waals surface area contributed by atoms with Crippen molar-refractivity contribution in [3.8, 4) is 11.3 Å². The summed E-state index contributed by atoms with van der Waals surface area (Å²) in [5.74, 6) is -0.348. The highest BCUT2D eigenvalue weighted by molar-refractivity contribution is 7.80. The van der Waals surface area contributed by atoms with Crippen molar-refractivity contribution < 1.29 is 14.0 Å². The molecule has 0 radical (unpaired) electrons. The molecular weight excluding hydrogens is 396 g/mol. The quantitative estimate of drug-likeness (QED) is 0.233. The summed E-state index contributed by atoms with van der Waals surface area (Å²) >= 11 is 5.13. The molecule has 1 saturated heterocycles. The van der Waals surface area contributed by atoms with E-state index in [0.29, 0.717) is 11.3 Å². The van der Waals surface area contributed by atoms with Gasteiger partial charge in [0.15, 0.2) is 5.11 Å². The number of hydrogen-bond donors (Lipinski definition) is 1. The minimum Gasteiger partial charge on any atom is -0.455 e. The van der Waals surface area contributed by atoms with Gasteiger partial charge in [0.2, 0.25) is 0 Å². The largest absolute Gasteiger partial charge is 0.455 e. The Morgan fingerprint density at radius 3 is 2.60 bits per heavy atom. The Bertz CT molecular complexity index is 1380. The summed E-state index contributed by atoms with van der Waals surface area (Å²) < 4.78 is 6.23. The molecule has 2 aliphatic heterocycles. The smallest absolute Gasteiger partial charge is 0.265 e. The molecule has 1 fully saturated rings. The first-order chi connectivity index (χ1) is 14.6. The van der Waals surface area contributed by atoms with Gasteiger partial charge in [0, 0.05) is 23.1 Å². The standard InChI is InChI=1S/C24H16N2O3S/c1-2-11-26-23(28)19(22(27)25-24(26)30)13-18-16-9-5-4-8-15(16)17-12-14-7-3-6-10-20(14)29-21(17)18/h2-10,12-13H,1,11H2,(H,25,27,30)/b19-13-.